The van der Waals surface area contributed by atoms with Crippen LogP contribution in [-0.2, 0) is 0 Å². The minimum absolute atomic E-state index is 0.00875. The normalized spacial score (nSPS) is 18.2. The van der Waals surface area contributed by atoms with Crippen molar-refractivity contribution >= 4 is 16.8 Å². The molecule has 3 aromatic rings. The van der Waals surface area contributed by atoms with Crippen LogP contribution in [0.1, 0.15) is 27.7 Å². The second-order valence-corrected chi connectivity index (χ2v) is 7.11. The Balaban J connectivity index is 1.65. The van der Waals surface area contributed by atoms with E-state index in [1.165, 1.54) is 24.3 Å². The summed E-state index contributed by atoms with van der Waals surface area (Å²) >= 11 is 0. The number of aromatic amines is 1. The molecule has 140 valence electrons. The molecule has 1 amide bonds. The number of likely N-dealkylation sites (N-methyl/N-ethyl adjacent to an activating group) is 1. The van der Waals surface area contributed by atoms with Gasteiger partial charge in [0.1, 0.15) is 11.6 Å². The third-order valence-electron chi connectivity index (χ3n) is 5.35. The number of amides is 1. The summed E-state index contributed by atoms with van der Waals surface area (Å²) in [7, 11) is 2.00. The summed E-state index contributed by atoms with van der Waals surface area (Å²) in [5, 5.41) is 0.606. The lowest BCUT2D eigenvalue weighted by Crippen LogP contribution is -2.49. The maximum absolute atomic E-state index is 13.7. The fraction of sp³-hybridized carbons (Fsp3) is 0.286. The van der Waals surface area contributed by atoms with Gasteiger partial charge < -0.3 is 9.88 Å². The molecule has 1 atom stereocenters. The molecule has 4 rings (SSSR count). The van der Waals surface area contributed by atoms with Crippen molar-refractivity contribution in [1.82, 2.24) is 14.8 Å². The molecular weight excluding hydrogens is 348 g/mol. The predicted molar refractivity (Wildman–Crippen MR) is 101 cm³/mol. The van der Waals surface area contributed by atoms with Crippen molar-refractivity contribution in [3.63, 3.8) is 0 Å². The number of nitrogens with zero attached hydrogens (tertiary/aromatic N) is 2. The number of aryl methyl sites for hydroxylation is 1. The lowest BCUT2D eigenvalue weighted by molar-refractivity contribution is 0.0547. The zero-order valence-electron chi connectivity index (χ0n) is 15.3. The van der Waals surface area contributed by atoms with Gasteiger partial charge in [-0.05, 0) is 49.9 Å². The first-order valence-electron chi connectivity index (χ1n) is 8.97. The Hall–Kier alpha value is -2.73. The number of hydrogen-bond donors (Lipinski definition) is 1. The number of rotatable bonds is 2. The van der Waals surface area contributed by atoms with E-state index in [4.69, 9.17) is 0 Å². The molecule has 0 radical (unpaired) electrons. The van der Waals surface area contributed by atoms with Crippen molar-refractivity contribution in [1.29, 1.82) is 0 Å². The van der Waals surface area contributed by atoms with Crippen LogP contribution in [0.4, 0.5) is 8.78 Å². The highest BCUT2D eigenvalue weighted by molar-refractivity contribution is 6.08. The van der Waals surface area contributed by atoms with Gasteiger partial charge in [-0.25, -0.2) is 8.78 Å². The topological polar surface area (TPSA) is 39.3 Å². The molecule has 1 fully saturated rings. The van der Waals surface area contributed by atoms with Crippen molar-refractivity contribution in [2.75, 3.05) is 26.7 Å². The Labute approximate surface area is 156 Å². The molecule has 0 bridgehead atoms. The highest BCUT2D eigenvalue weighted by Crippen LogP contribution is 2.28. The van der Waals surface area contributed by atoms with Crippen LogP contribution in [0.5, 0.6) is 0 Å². The quantitative estimate of drug-likeness (QED) is 0.745. The number of aromatic nitrogens is 1. The maximum atomic E-state index is 13.7. The number of nitrogens with one attached hydrogen (secondary N) is 1. The van der Waals surface area contributed by atoms with E-state index in [0.717, 1.165) is 16.8 Å². The smallest absolute Gasteiger partial charge is 0.256 e. The highest BCUT2D eigenvalue weighted by Gasteiger charge is 2.30. The number of fused-ring (bicyclic) bond motifs is 1. The van der Waals surface area contributed by atoms with Crippen LogP contribution in [0.2, 0.25) is 0 Å². The van der Waals surface area contributed by atoms with Crippen LogP contribution in [0.25, 0.3) is 10.9 Å². The monoisotopic (exact) mass is 369 g/mol. The van der Waals surface area contributed by atoms with Gasteiger partial charge in [0.2, 0.25) is 0 Å². The molecular formula is C21H21F2N3O. The number of carbonyl (C=O) groups excluding carboxylic acids is 1. The number of carbonyl (C=O) groups is 1. The van der Waals surface area contributed by atoms with Crippen molar-refractivity contribution in [3.8, 4) is 0 Å². The number of halogens is 2. The lowest BCUT2D eigenvalue weighted by atomic mass is 10.0. The first-order valence-corrected chi connectivity index (χ1v) is 8.97. The highest BCUT2D eigenvalue weighted by atomic mass is 19.1. The van der Waals surface area contributed by atoms with Gasteiger partial charge in [0.15, 0.2) is 0 Å². The van der Waals surface area contributed by atoms with Crippen LogP contribution in [-0.4, -0.2) is 47.4 Å². The fourth-order valence-corrected chi connectivity index (χ4v) is 3.84. The van der Waals surface area contributed by atoms with Gasteiger partial charge in [-0.3, -0.25) is 9.69 Å². The minimum Gasteiger partial charge on any atom is -0.358 e. The third kappa shape index (κ3) is 3.21. The molecule has 1 aliphatic heterocycles. The maximum Gasteiger partial charge on any atom is 0.256 e. The molecule has 1 saturated heterocycles. The Kier molecular flexibility index (Phi) is 4.44. The van der Waals surface area contributed by atoms with Crippen LogP contribution in [0, 0.1) is 18.6 Å². The average molecular weight is 369 g/mol. The molecule has 27 heavy (non-hydrogen) atoms. The van der Waals surface area contributed by atoms with Crippen molar-refractivity contribution in [3.05, 3.63) is 70.9 Å². The summed E-state index contributed by atoms with van der Waals surface area (Å²) in [5.74, 6) is -0.746. The van der Waals surface area contributed by atoms with E-state index in [-0.39, 0.29) is 23.6 Å². The first-order chi connectivity index (χ1) is 12.9. The number of hydrogen-bond acceptors (Lipinski definition) is 2. The summed E-state index contributed by atoms with van der Waals surface area (Å²) in [5.41, 5.74) is 2.98. The van der Waals surface area contributed by atoms with Crippen LogP contribution in [0.15, 0.2) is 42.5 Å². The summed E-state index contributed by atoms with van der Waals surface area (Å²) in [4.78, 5) is 20.4. The second-order valence-electron chi connectivity index (χ2n) is 7.11. The molecule has 1 N–H and O–H groups in total. The molecule has 0 spiro atoms. The van der Waals surface area contributed by atoms with Crippen molar-refractivity contribution < 1.29 is 13.6 Å². The van der Waals surface area contributed by atoms with E-state index >= 15 is 0 Å². The fourth-order valence-electron chi connectivity index (χ4n) is 3.84. The molecule has 6 heteroatoms. The SMILES string of the molecule is Cc1[nH]c2ccc(F)cc2c1C(=O)N1CCN(C)C(c2ccc(F)cc2)C1. The molecule has 1 unspecified atom stereocenters. The Morgan fingerprint density at radius 1 is 1.07 bits per heavy atom. The molecule has 0 saturated carbocycles. The molecule has 4 nitrogen and oxygen atoms in total. The molecule has 0 aliphatic carbocycles. The number of piperazine rings is 1. The van der Waals surface area contributed by atoms with Crippen LogP contribution in [0.3, 0.4) is 0 Å². The Morgan fingerprint density at radius 3 is 2.52 bits per heavy atom. The zero-order valence-corrected chi connectivity index (χ0v) is 15.3. The van der Waals surface area contributed by atoms with E-state index in [1.54, 1.807) is 23.1 Å². The minimum atomic E-state index is -0.363. The van der Waals surface area contributed by atoms with E-state index in [2.05, 4.69) is 9.88 Å². The number of benzene rings is 2. The summed E-state index contributed by atoms with van der Waals surface area (Å²) in [6, 6.07) is 10.8. The number of H-pyrrole nitrogens is 1. The van der Waals surface area contributed by atoms with Crippen LogP contribution < -0.4 is 0 Å². The van der Waals surface area contributed by atoms with E-state index in [1.807, 2.05) is 14.0 Å². The van der Waals surface area contributed by atoms with Gasteiger partial charge in [0.25, 0.3) is 5.91 Å². The lowest BCUT2D eigenvalue weighted by Gasteiger charge is -2.39. The predicted octanol–water partition coefficient (Wildman–Crippen LogP) is 3.88. The van der Waals surface area contributed by atoms with E-state index < -0.39 is 0 Å². The third-order valence-corrected chi connectivity index (χ3v) is 5.35. The van der Waals surface area contributed by atoms with Crippen molar-refractivity contribution in [2.24, 2.45) is 0 Å². The van der Waals surface area contributed by atoms with Crippen molar-refractivity contribution in [2.45, 2.75) is 13.0 Å². The molecule has 1 aliphatic rings. The van der Waals surface area contributed by atoms with E-state index in [0.29, 0.717) is 30.6 Å². The molecule has 1 aromatic heterocycles. The van der Waals surface area contributed by atoms with E-state index in [9.17, 15) is 13.6 Å². The zero-order chi connectivity index (χ0) is 19.1. The van der Waals surface area contributed by atoms with Gasteiger partial charge in [-0.2, -0.15) is 0 Å². The molecule has 2 heterocycles. The van der Waals surface area contributed by atoms with Gasteiger partial charge in [-0.1, -0.05) is 12.1 Å². The Morgan fingerprint density at radius 2 is 1.78 bits per heavy atom. The van der Waals surface area contributed by atoms with Crippen LogP contribution >= 0.6 is 0 Å². The van der Waals surface area contributed by atoms with Gasteiger partial charge >= 0.3 is 0 Å². The summed E-state index contributed by atoms with van der Waals surface area (Å²) in [6.07, 6.45) is 0. The van der Waals surface area contributed by atoms with Gasteiger partial charge in [0, 0.05) is 36.2 Å². The van der Waals surface area contributed by atoms with Gasteiger partial charge in [-0.15, -0.1) is 0 Å². The second kappa shape index (κ2) is 6.78. The standard InChI is InChI=1S/C21H21F2N3O/c1-13-20(17-11-16(23)7-8-18(17)24-13)21(27)26-10-9-25(2)19(12-26)14-3-5-15(22)6-4-14/h3-8,11,19,24H,9-10,12H2,1-2H3. The van der Waals surface area contributed by atoms with Gasteiger partial charge in [0.05, 0.1) is 11.6 Å². The summed E-state index contributed by atoms with van der Waals surface area (Å²) in [6.45, 7) is 3.64. The Bertz CT molecular complexity index is 997. The average Bonchev–Trinajstić information content (AvgIpc) is 2.97. The largest absolute Gasteiger partial charge is 0.358 e. The summed E-state index contributed by atoms with van der Waals surface area (Å²) < 4.78 is 27.0. The molecule has 2 aromatic carbocycles. The first kappa shape index (κ1) is 17.7.